The fraction of sp³-hybridized carbons (Fsp3) is 0.190. The summed E-state index contributed by atoms with van der Waals surface area (Å²) in [6, 6.07) is 17.9. The lowest BCUT2D eigenvalue weighted by molar-refractivity contribution is -0.118. The number of aryl methyl sites for hydroxylation is 1. The van der Waals surface area contributed by atoms with Crippen LogP contribution in [-0.4, -0.2) is 28.5 Å². The molecule has 0 radical (unpaired) electrons. The molecular formula is C21H21N3O2S2. The van der Waals surface area contributed by atoms with E-state index in [1.165, 1.54) is 16.9 Å². The number of nitrogens with one attached hydrogen (secondary N) is 1. The van der Waals surface area contributed by atoms with E-state index in [9.17, 15) is 4.79 Å². The zero-order chi connectivity index (χ0) is 19.6. The van der Waals surface area contributed by atoms with Crippen molar-refractivity contribution in [1.29, 1.82) is 0 Å². The molecule has 0 saturated carbocycles. The number of nitrogens with zero attached hydrogens (tertiary/aromatic N) is 2. The molecule has 0 saturated heterocycles. The Labute approximate surface area is 172 Å². The summed E-state index contributed by atoms with van der Waals surface area (Å²) >= 11 is 2.93. The van der Waals surface area contributed by atoms with Crippen molar-refractivity contribution in [1.82, 2.24) is 10.2 Å². The Morgan fingerprint density at radius 3 is 2.68 bits per heavy atom. The molecule has 0 bridgehead atoms. The maximum absolute atomic E-state index is 12.0. The summed E-state index contributed by atoms with van der Waals surface area (Å²) in [7, 11) is 0. The smallest absolute Gasteiger partial charge is 0.264 e. The van der Waals surface area contributed by atoms with Gasteiger partial charge in [0.05, 0.1) is 0 Å². The number of amides is 1. The summed E-state index contributed by atoms with van der Waals surface area (Å²) in [4.78, 5) is 12.0. The molecule has 0 fully saturated rings. The minimum atomic E-state index is -0.253. The lowest BCUT2D eigenvalue weighted by Gasteiger charge is -2.06. The van der Waals surface area contributed by atoms with Crippen molar-refractivity contribution < 1.29 is 9.53 Å². The van der Waals surface area contributed by atoms with Crippen LogP contribution in [0.3, 0.4) is 0 Å². The number of aromatic nitrogens is 2. The van der Waals surface area contributed by atoms with Crippen LogP contribution in [0.5, 0.6) is 5.75 Å². The zero-order valence-electron chi connectivity index (χ0n) is 15.5. The number of carbonyl (C=O) groups is 1. The number of benzene rings is 2. The summed E-state index contributed by atoms with van der Waals surface area (Å²) in [5.41, 5.74) is 2.40. The molecule has 0 unspecified atom stereocenters. The molecule has 5 nitrogen and oxygen atoms in total. The molecule has 3 aromatic rings. The van der Waals surface area contributed by atoms with Gasteiger partial charge >= 0.3 is 0 Å². The van der Waals surface area contributed by atoms with Crippen molar-refractivity contribution in [2.75, 3.05) is 17.7 Å². The van der Waals surface area contributed by atoms with Crippen molar-refractivity contribution in [3.63, 3.8) is 0 Å². The summed E-state index contributed by atoms with van der Waals surface area (Å²) in [5.74, 6) is 1.20. The highest BCUT2D eigenvalue weighted by atomic mass is 32.2. The van der Waals surface area contributed by atoms with Gasteiger partial charge in [-0.1, -0.05) is 84.6 Å². The average molecular weight is 412 g/mol. The number of carbonyl (C=O) groups excluding carboxylic acids is 1. The largest absolute Gasteiger partial charge is 0.484 e. The van der Waals surface area contributed by atoms with Crippen LogP contribution in [0.15, 0.2) is 65.0 Å². The Hall–Kier alpha value is -2.64. The predicted octanol–water partition coefficient (Wildman–Crippen LogP) is 4.92. The third-order valence-electron chi connectivity index (χ3n) is 3.77. The van der Waals surface area contributed by atoms with Gasteiger partial charge in [-0.25, -0.2) is 0 Å². The van der Waals surface area contributed by atoms with E-state index in [1.807, 2.05) is 42.5 Å². The summed E-state index contributed by atoms with van der Waals surface area (Å²) in [6.45, 7) is 2.03. The molecule has 0 spiro atoms. The van der Waals surface area contributed by atoms with Crippen molar-refractivity contribution in [3.05, 3.63) is 71.8 Å². The molecule has 2 aromatic carbocycles. The SMILES string of the molecule is CCc1ccc(OCC(=O)Nc2nnc(SC/C=C/c3ccccc3)s2)cc1. The Morgan fingerprint density at radius 1 is 1.14 bits per heavy atom. The maximum atomic E-state index is 12.0. The van der Waals surface area contributed by atoms with Crippen LogP contribution in [0.25, 0.3) is 6.08 Å². The summed E-state index contributed by atoms with van der Waals surface area (Å²) in [6.07, 6.45) is 5.12. The van der Waals surface area contributed by atoms with E-state index >= 15 is 0 Å². The second-order valence-corrected chi connectivity index (χ2v) is 8.08. The van der Waals surface area contributed by atoms with Gasteiger partial charge in [-0.15, -0.1) is 10.2 Å². The molecule has 144 valence electrons. The van der Waals surface area contributed by atoms with Gasteiger partial charge in [0, 0.05) is 5.75 Å². The predicted molar refractivity (Wildman–Crippen MR) is 116 cm³/mol. The highest BCUT2D eigenvalue weighted by Gasteiger charge is 2.09. The van der Waals surface area contributed by atoms with Gasteiger partial charge in [-0.05, 0) is 29.7 Å². The van der Waals surface area contributed by atoms with Gasteiger partial charge in [0.25, 0.3) is 5.91 Å². The first-order valence-corrected chi connectivity index (χ1v) is 10.7. The zero-order valence-corrected chi connectivity index (χ0v) is 17.1. The molecule has 28 heavy (non-hydrogen) atoms. The Kier molecular flexibility index (Phi) is 7.63. The molecular weight excluding hydrogens is 390 g/mol. The molecule has 1 amide bonds. The number of ether oxygens (including phenoxy) is 1. The first-order valence-electron chi connectivity index (χ1n) is 8.92. The molecule has 0 aliphatic carbocycles. The molecule has 1 N–H and O–H groups in total. The van der Waals surface area contributed by atoms with Gasteiger partial charge in [0.2, 0.25) is 5.13 Å². The van der Waals surface area contributed by atoms with E-state index in [2.05, 4.69) is 46.7 Å². The second kappa shape index (κ2) is 10.6. The van der Waals surface area contributed by atoms with E-state index in [1.54, 1.807) is 11.8 Å². The van der Waals surface area contributed by atoms with Gasteiger partial charge in [-0.2, -0.15) is 0 Å². The first kappa shape index (κ1) is 20.1. The Morgan fingerprint density at radius 2 is 1.93 bits per heavy atom. The van der Waals surface area contributed by atoms with Crippen molar-refractivity contribution >= 4 is 40.2 Å². The molecule has 1 aromatic heterocycles. The average Bonchev–Trinajstić information content (AvgIpc) is 3.18. The van der Waals surface area contributed by atoms with Gasteiger partial charge in [0.15, 0.2) is 10.9 Å². The van der Waals surface area contributed by atoms with Crippen LogP contribution in [0.4, 0.5) is 5.13 Å². The van der Waals surface area contributed by atoms with E-state index in [0.29, 0.717) is 10.9 Å². The van der Waals surface area contributed by atoms with Gasteiger partial charge in [-0.3, -0.25) is 10.1 Å². The third kappa shape index (κ3) is 6.51. The molecule has 1 heterocycles. The minimum Gasteiger partial charge on any atom is -0.484 e. The van der Waals surface area contributed by atoms with Gasteiger partial charge < -0.3 is 4.74 Å². The molecule has 0 aliphatic heterocycles. The fourth-order valence-electron chi connectivity index (χ4n) is 2.31. The topological polar surface area (TPSA) is 64.1 Å². The van der Waals surface area contributed by atoms with E-state index in [4.69, 9.17) is 4.74 Å². The number of hydrogen-bond acceptors (Lipinski definition) is 6. The van der Waals surface area contributed by atoms with Crippen LogP contribution >= 0.6 is 23.1 Å². The van der Waals surface area contributed by atoms with Crippen LogP contribution in [0.2, 0.25) is 0 Å². The summed E-state index contributed by atoms with van der Waals surface area (Å²) in [5, 5.41) is 11.3. The number of rotatable bonds is 9. The molecule has 3 rings (SSSR count). The maximum Gasteiger partial charge on any atom is 0.264 e. The molecule has 7 heteroatoms. The highest BCUT2D eigenvalue weighted by Crippen LogP contribution is 2.25. The fourth-order valence-corrected chi connectivity index (χ4v) is 3.92. The van der Waals surface area contributed by atoms with Crippen LogP contribution in [0, 0.1) is 0 Å². The number of anilines is 1. The van der Waals surface area contributed by atoms with Crippen molar-refractivity contribution in [2.24, 2.45) is 0 Å². The van der Waals surface area contributed by atoms with Crippen LogP contribution in [0.1, 0.15) is 18.1 Å². The third-order valence-corrected chi connectivity index (χ3v) is 5.69. The quantitative estimate of drug-likeness (QED) is 0.400. The number of thioether (sulfide) groups is 1. The van der Waals surface area contributed by atoms with Crippen molar-refractivity contribution in [2.45, 2.75) is 17.7 Å². The molecule has 0 aliphatic rings. The first-order chi connectivity index (χ1) is 13.7. The highest BCUT2D eigenvalue weighted by molar-refractivity contribution is 8.01. The second-order valence-electron chi connectivity index (χ2n) is 5.83. The van der Waals surface area contributed by atoms with E-state index in [-0.39, 0.29) is 12.5 Å². The standard InChI is InChI=1S/C21H21N3O2S2/c1-2-16-10-12-18(13-11-16)26-15-19(25)22-20-23-24-21(28-20)27-14-6-9-17-7-4-3-5-8-17/h3-13H,2,14-15H2,1H3,(H,22,23,25)/b9-6+. The number of hydrogen-bond donors (Lipinski definition) is 1. The van der Waals surface area contributed by atoms with Crippen molar-refractivity contribution in [3.8, 4) is 5.75 Å². The lowest BCUT2D eigenvalue weighted by Crippen LogP contribution is -2.20. The van der Waals surface area contributed by atoms with Crippen LogP contribution in [-0.2, 0) is 11.2 Å². The van der Waals surface area contributed by atoms with Crippen LogP contribution < -0.4 is 10.1 Å². The monoisotopic (exact) mass is 411 g/mol. The van der Waals surface area contributed by atoms with Gasteiger partial charge in [0.1, 0.15) is 5.75 Å². The Balaban J connectivity index is 1.40. The normalized spacial score (nSPS) is 10.9. The lowest BCUT2D eigenvalue weighted by atomic mass is 10.2. The Bertz CT molecular complexity index is 909. The van der Waals surface area contributed by atoms with E-state index in [0.717, 1.165) is 22.1 Å². The summed E-state index contributed by atoms with van der Waals surface area (Å²) < 4.78 is 6.31. The minimum absolute atomic E-state index is 0.0622. The van der Waals surface area contributed by atoms with E-state index < -0.39 is 0 Å². The molecule has 0 atom stereocenters.